The van der Waals surface area contributed by atoms with Gasteiger partial charge in [0.2, 0.25) is 0 Å². The van der Waals surface area contributed by atoms with Gasteiger partial charge < -0.3 is 5.32 Å². The van der Waals surface area contributed by atoms with E-state index in [1.54, 1.807) is 0 Å². The van der Waals surface area contributed by atoms with Crippen LogP contribution in [-0.4, -0.2) is 13.1 Å². The van der Waals surface area contributed by atoms with Crippen molar-refractivity contribution in [2.24, 2.45) is 5.41 Å². The van der Waals surface area contributed by atoms with Crippen molar-refractivity contribution in [2.45, 2.75) is 51.5 Å². The maximum Gasteiger partial charge on any atom is 0.0438 e. The first-order valence-corrected chi connectivity index (χ1v) is 7.44. The second-order valence-electron chi connectivity index (χ2n) is 5.85. The summed E-state index contributed by atoms with van der Waals surface area (Å²) >= 11 is 6.28. The Labute approximate surface area is 116 Å². The fourth-order valence-electron chi connectivity index (χ4n) is 3.29. The van der Waals surface area contributed by atoms with E-state index in [9.17, 15) is 0 Å². The van der Waals surface area contributed by atoms with Gasteiger partial charge in [-0.3, -0.25) is 0 Å². The van der Waals surface area contributed by atoms with Gasteiger partial charge in [-0.15, -0.1) is 0 Å². The van der Waals surface area contributed by atoms with Crippen molar-refractivity contribution in [3.05, 3.63) is 34.9 Å². The Hall–Kier alpha value is -0.530. The Morgan fingerprint density at radius 3 is 2.50 bits per heavy atom. The lowest BCUT2D eigenvalue weighted by molar-refractivity contribution is 0.149. The minimum absolute atomic E-state index is 0.423. The summed E-state index contributed by atoms with van der Waals surface area (Å²) in [5, 5.41) is 4.43. The fraction of sp³-hybridized carbons (Fsp3) is 0.625. The van der Waals surface area contributed by atoms with E-state index in [0.717, 1.165) is 11.4 Å². The lowest BCUT2D eigenvalue weighted by Crippen LogP contribution is -2.44. The quantitative estimate of drug-likeness (QED) is 0.849. The first-order chi connectivity index (χ1) is 8.65. The second kappa shape index (κ2) is 6.08. The van der Waals surface area contributed by atoms with Gasteiger partial charge >= 0.3 is 0 Å². The third-order valence-corrected chi connectivity index (χ3v) is 4.94. The fourth-order valence-corrected chi connectivity index (χ4v) is 3.50. The van der Waals surface area contributed by atoms with E-state index in [1.165, 1.54) is 37.7 Å². The van der Waals surface area contributed by atoms with Crippen molar-refractivity contribution in [3.8, 4) is 0 Å². The Morgan fingerprint density at radius 1 is 1.22 bits per heavy atom. The van der Waals surface area contributed by atoms with E-state index in [1.807, 2.05) is 12.1 Å². The van der Waals surface area contributed by atoms with E-state index < -0.39 is 0 Å². The van der Waals surface area contributed by atoms with Crippen LogP contribution in [0.5, 0.6) is 0 Å². The van der Waals surface area contributed by atoms with Gasteiger partial charge in [-0.2, -0.15) is 0 Å². The van der Waals surface area contributed by atoms with Crippen LogP contribution in [-0.2, 0) is 6.42 Å². The average molecular weight is 266 g/mol. The molecule has 1 aliphatic rings. The number of benzene rings is 1. The summed E-state index contributed by atoms with van der Waals surface area (Å²) in [6.07, 6.45) is 7.85. The average Bonchev–Trinajstić information content (AvgIpc) is 2.38. The molecule has 1 aromatic carbocycles. The van der Waals surface area contributed by atoms with Gasteiger partial charge in [0, 0.05) is 11.1 Å². The molecule has 1 aliphatic carbocycles. The molecule has 0 bridgehead atoms. The highest BCUT2D eigenvalue weighted by Gasteiger charge is 2.34. The largest absolute Gasteiger partial charge is 0.316 e. The molecule has 1 fully saturated rings. The topological polar surface area (TPSA) is 12.0 Å². The molecule has 0 aromatic heterocycles. The molecule has 0 aliphatic heterocycles. The third-order valence-electron chi connectivity index (χ3n) is 4.57. The van der Waals surface area contributed by atoms with Crippen LogP contribution < -0.4 is 5.32 Å². The van der Waals surface area contributed by atoms with Crippen LogP contribution in [0.1, 0.15) is 44.6 Å². The maximum absolute atomic E-state index is 6.28. The lowest BCUT2D eigenvalue weighted by Gasteiger charge is -2.41. The normalized spacial score (nSPS) is 20.6. The van der Waals surface area contributed by atoms with Crippen LogP contribution >= 0.6 is 11.6 Å². The number of hydrogen-bond acceptors (Lipinski definition) is 1. The summed E-state index contributed by atoms with van der Waals surface area (Å²) in [4.78, 5) is 0. The van der Waals surface area contributed by atoms with Crippen LogP contribution in [0.15, 0.2) is 24.3 Å². The molecule has 0 radical (unpaired) electrons. The van der Waals surface area contributed by atoms with Crippen LogP contribution in [0.4, 0.5) is 0 Å². The molecule has 2 rings (SSSR count). The Balaban J connectivity index is 2.11. The Kier molecular flexibility index (Phi) is 4.69. The predicted molar refractivity (Wildman–Crippen MR) is 79.2 cm³/mol. The first kappa shape index (κ1) is 13.9. The summed E-state index contributed by atoms with van der Waals surface area (Å²) in [5.41, 5.74) is 1.69. The molecule has 1 N–H and O–H groups in total. The van der Waals surface area contributed by atoms with Crippen molar-refractivity contribution < 1.29 is 0 Å². The summed E-state index contributed by atoms with van der Waals surface area (Å²) in [7, 11) is 2.08. The SMILES string of the molecule is CNC(Cc1ccccc1Cl)C1(C)CCCCC1. The van der Waals surface area contributed by atoms with Crippen molar-refractivity contribution >= 4 is 11.6 Å². The standard InChI is InChI=1S/C16H24ClN/c1-16(10-6-3-7-11-16)15(18-2)12-13-8-4-5-9-14(13)17/h4-5,8-9,15,18H,3,6-7,10-12H2,1-2H3. The van der Waals surface area contributed by atoms with Gasteiger partial charge in [0.1, 0.15) is 0 Å². The molecule has 1 aromatic rings. The van der Waals surface area contributed by atoms with Crippen molar-refractivity contribution in [1.29, 1.82) is 0 Å². The Bertz CT molecular complexity index is 382. The summed E-state index contributed by atoms with van der Waals surface area (Å²) in [6, 6.07) is 8.75. The molecule has 1 unspecified atom stereocenters. The van der Waals surface area contributed by atoms with E-state index >= 15 is 0 Å². The molecule has 18 heavy (non-hydrogen) atoms. The zero-order chi connectivity index (χ0) is 13.0. The zero-order valence-electron chi connectivity index (χ0n) is 11.5. The van der Waals surface area contributed by atoms with Crippen LogP contribution in [0.25, 0.3) is 0 Å². The van der Waals surface area contributed by atoms with Gasteiger partial charge in [0.05, 0.1) is 0 Å². The van der Waals surface area contributed by atoms with Gasteiger partial charge in [-0.25, -0.2) is 0 Å². The second-order valence-corrected chi connectivity index (χ2v) is 6.26. The number of rotatable bonds is 4. The molecule has 1 saturated carbocycles. The number of nitrogens with one attached hydrogen (secondary N) is 1. The smallest absolute Gasteiger partial charge is 0.0438 e. The molecular formula is C16H24ClN. The molecular weight excluding hydrogens is 242 g/mol. The van der Waals surface area contributed by atoms with Crippen LogP contribution in [0.2, 0.25) is 5.02 Å². The van der Waals surface area contributed by atoms with E-state index in [2.05, 4.69) is 31.4 Å². The summed E-state index contributed by atoms with van der Waals surface area (Å²) in [5.74, 6) is 0. The first-order valence-electron chi connectivity index (χ1n) is 7.06. The summed E-state index contributed by atoms with van der Waals surface area (Å²) in [6.45, 7) is 2.43. The van der Waals surface area contributed by atoms with Crippen LogP contribution in [0, 0.1) is 5.41 Å². The molecule has 100 valence electrons. The predicted octanol–water partition coefficient (Wildman–Crippen LogP) is 4.44. The van der Waals surface area contributed by atoms with Crippen molar-refractivity contribution in [2.75, 3.05) is 7.05 Å². The van der Waals surface area contributed by atoms with E-state index in [0.29, 0.717) is 11.5 Å². The molecule has 1 atom stereocenters. The van der Waals surface area contributed by atoms with E-state index in [4.69, 9.17) is 11.6 Å². The number of halogens is 1. The highest BCUT2D eigenvalue weighted by atomic mass is 35.5. The zero-order valence-corrected chi connectivity index (χ0v) is 12.3. The molecule has 2 heteroatoms. The molecule has 0 heterocycles. The van der Waals surface area contributed by atoms with Crippen molar-refractivity contribution in [1.82, 2.24) is 5.32 Å². The molecule has 0 saturated heterocycles. The highest BCUT2D eigenvalue weighted by molar-refractivity contribution is 6.31. The van der Waals surface area contributed by atoms with Gasteiger partial charge in [-0.05, 0) is 43.4 Å². The van der Waals surface area contributed by atoms with E-state index in [-0.39, 0.29) is 0 Å². The lowest BCUT2D eigenvalue weighted by atomic mass is 9.69. The maximum atomic E-state index is 6.28. The van der Waals surface area contributed by atoms with Gasteiger partial charge in [0.25, 0.3) is 0 Å². The van der Waals surface area contributed by atoms with Gasteiger partial charge in [0.15, 0.2) is 0 Å². The van der Waals surface area contributed by atoms with Crippen LogP contribution in [0.3, 0.4) is 0 Å². The number of hydrogen-bond donors (Lipinski definition) is 1. The van der Waals surface area contributed by atoms with Crippen molar-refractivity contribution in [3.63, 3.8) is 0 Å². The summed E-state index contributed by atoms with van der Waals surface area (Å²) < 4.78 is 0. The Morgan fingerprint density at radius 2 is 1.89 bits per heavy atom. The molecule has 1 nitrogen and oxygen atoms in total. The third kappa shape index (κ3) is 3.07. The number of likely N-dealkylation sites (N-methyl/N-ethyl adjacent to an activating group) is 1. The van der Waals surface area contributed by atoms with Gasteiger partial charge in [-0.1, -0.05) is 56.0 Å². The molecule has 0 spiro atoms. The minimum Gasteiger partial charge on any atom is -0.316 e. The monoisotopic (exact) mass is 265 g/mol. The highest BCUT2D eigenvalue weighted by Crippen LogP contribution is 2.40. The minimum atomic E-state index is 0.423. The molecule has 0 amide bonds.